The lowest BCUT2D eigenvalue weighted by molar-refractivity contribution is -0.155. The zero-order chi connectivity index (χ0) is 21.7. The fraction of sp³-hybridized carbons (Fsp3) is 0.917. The molecule has 0 bridgehead atoms. The Morgan fingerprint density at radius 3 is 1.66 bits per heavy atom. The van der Waals surface area contributed by atoms with Crippen molar-refractivity contribution in [2.75, 3.05) is 0 Å². The van der Waals surface area contributed by atoms with Gasteiger partial charge in [0.25, 0.3) is 0 Å². The third-order valence-electron chi connectivity index (χ3n) is 5.37. The number of aliphatic carboxylic acids is 1. The Labute approximate surface area is 178 Å². The number of ether oxygens (including phenoxy) is 1. The van der Waals surface area contributed by atoms with Gasteiger partial charge in [0.2, 0.25) is 0 Å². The van der Waals surface area contributed by atoms with Crippen molar-refractivity contribution in [3.63, 3.8) is 0 Å². The maximum Gasteiger partial charge on any atom is 0.308 e. The fourth-order valence-electron chi connectivity index (χ4n) is 3.59. The molecule has 0 amide bonds. The maximum atomic E-state index is 12.0. The summed E-state index contributed by atoms with van der Waals surface area (Å²) in [6.07, 6.45) is 16.4. The van der Waals surface area contributed by atoms with E-state index in [4.69, 9.17) is 9.84 Å². The molecule has 0 radical (unpaired) electrons. The Morgan fingerprint density at radius 2 is 1.14 bits per heavy atom. The SMILES string of the molecule is CCCCCCCCCCCCCC(O)CC(=O)OC(CCCCC)CC(=O)O. The van der Waals surface area contributed by atoms with Crippen LogP contribution in [0, 0.1) is 0 Å². The molecule has 0 saturated heterocycles. The van der Waals surface area contributed by atoms with E-state index in [9.17, 15) is 14.7 Å². The minimum absolute atomic E-state index is 0.0400. The molecule has 0 aromatic heterocycles. The molecule has 0 aromatic carbocycles. The average Bonchev–Trinajstić information content (AvgIpc) is 2.65. The number of hydrogen-bond acceptors (Lipinski definition) is 4. The third-order valence-corrected chi connectivity index (χ3v) is 5.37. The van der Waals surface area contributed by atoms with Crippen molar-refractivity contribution in [2.45, 2.75) is 142 Å². The van der Waals surface area contributed by atoms with Crippen LogP contribution in [-0.2, 0) is 14.3 Å². The van der Waals surface area contributed by atoms with Gasteiger partial charge in [0, 0.05) is 0 Å². The number of carbonyl (C=O) groups excluding carboxylic acids is 1. The Balaban J connectivity index is 3.74. The number of unbranched alkanes of at least 4 members (excludes halogenated alkanes) is 12. The maximum absolute atomic E-state index is 12.0. The van der Waals surface area contributed by atoms with Crippen molar-refractivity contribution >= 4 is 11.9 Å². The normalized spacial score (nSPS) is 13.2. The monoisotopic (exact) mass is 414 g/mol. The van der Waals surface area contributed by atoms with Gasteiger partial charge in [-0.25, -0.2) is 0 Å². The predicted octanol–water partition coefficient (Wildman–Crippen LogP) is 6.41. The van der Waals surface area contributed by atoms with Crippen LogP contribution in [0.3, 0.4) is 0 Å². The van der Waals surface area contributed by atoms with Gasteiger partial charge >= 0.3 is 11.9 Å². The van der Waals surface area contributed by atoms with E-state index in [-0.39, 0.29) is 12.8 Å². The van der Waals surface area contributed by atoms with Crippen LogP contribution < -0.4 is 0 Å². The van der Waals surface area contributed by atoms with Gasteiger partial charge in [-0.15, -0.1) is 0 Å². The highest BCUT2D eigenvalue weighted by molar-refractivity contribution is 5.71. The second kappa shape index (κ2) is 20.2. The zero-order valence-corrected chi connectivity index (χ0v) is 19.0. The second-order valence-corrected chi connectivity index (χ2v) is 8.39. The van der Waals surface area contributed by atoms with Crippen molar-refractivity contribution in [2.24, 2.45) is 0 Å². The summed E-state index contributed by atoms with van der Waals surface area (Å²) in [5.41, 5.74) is 0. The summed E-state index contributed by atoms with van der Waals surface area (Å²) in [6.45, 7) is 4.31. The molecule has 5 heteroatoms. The highest BCUT2D eigenvalue weighted by atomic mass is 16.5. The summed E-state index contributed by atoms with van der Waals surface area (Å²) >= 11 is 0. The first-order chi connectivity index (χ1) is 14.0. The van der Waals surface area contributed by atoms with Gasteiger partial charge in [0.15, 0.2) is 0 Å². The van der Waals surface area contributed by atoms with E-state index in [0.29, 0.717) is 12.8 Å². The largest absolute Gasteiger partial charge is 0.481 e. The molecule has 0 aliphatic rings. The Bertz CT molecular complexity index is 397. The van der Waals surface area contributed by atoms with Crippen LogP contribution in [0.25, 0.3) is 0 Å². The first-order valence-corrected chi connectivity index (χ1v) is 12.1. The lowest BCUT2D eigenvalue weighted by atomic mass is 10.0. The summed E-state index contributed by atoms with van der Waals surface area (Å²) in [4.78, 5) is 22.9. The molecule has 0 aliphatic heterocycles. The molecule has 0 rings (SSSR count). The van der Waals surface area contributed by atoms with Crippen molar-refractivity contribution < 1.29 is 24.5 Å². The van der Waals surface area contributed by atoms with Gasteiger partial charge in [0.05, 0.1) is 18.9 Å². The van der Waals surface area contributed by atoms with E-state index < -0.39 is 24.1 Å². The number of aliphatic hydroxyl groups excluding tert-OH is 1. The number of carbonyl (C=O) groups is 2. The van der Waals surface area contributed by atoms with E-state index in [1.165, 1.54) is 57.8 Å². The molecule has 2 N–H and O–H groups in total. The minimum atomic E-state index is -0.958. The molecule has 5 nitrogen and oxygen atoms in total. The number of esters is 1. The van der Waals surface area contributed by atoms with Crippen LogP contribution in [0.1, 0.15) is 129 Å². The van der Waals surface area contributed by atoms with Gasteiger partial charge < -0.3 is 14.9 Å². The van der Waals surface area contributed by atoms with Crippen LogP contribution in [-0.4, -0.2) is 34.4 Å². The molecular weight excluding hydrogens is 368 g/mol. The topological polar surface area (TPSA) is 83.8 Å². The van der Waals surface area contributed by atoms with Crippen LogP contribution in [0.15, 0.2) is 0 Å². The zero-order valence-electron chi connectivity index (χ0n) is 19.0. The molecule has 0 saturated carbocycles. The van der Waals surface area contributed by atoms with Gasteiger partial charge in [-0.3, -0.25) is 9.59 Å². The van der Waals surface area contributed by atoms with E-state index in [1.54, 1.807) is 0 Å². The number of rotatable bonds is 21. The molecule has 0 spiro atoms. The van der Waals surface area contributed by atoms with E-state index in [0.717, 1.165) is 32.1 Å². The van der Waals surface area contributed by atoms with Gasteiger partial charge in [-0.05, 0) is 19.3 Å². The lowest BCUT2D eigenvalue weighted by Crippen LogP contribution is -2.24. The minimum Gasteiger partial charge on any atom is -0.481 e. The first-order valence-electron chi connectivity index (χ1n) is 12.1. The number of hydrogen-bond donors (Lipinski definition) is 2. The van der Waals surface area contributed by atoms with Crippen LogP contribution in [0.5, 0.6) is 0 Å². The first kappa shape index (κ1) is 27.9. The summed E-state index contributed by atoms with van der Waals surface area (Å²) < 4.78 is 5.31. The molecule has 0 heterocycles. The average molecular weight is 415 g/mol. The van der Waals surface area contributed by atoms with E-state index in [2.05, 4.69) is 13.8 Å². The molecule has 0 aliphatic carbocycles. The number of carboxylic acids is 1. The molecule has 172 valence electrons. The molecule has 2 unspecified atom stereocenters. The number of aliphatic hydroxyl groups is 1. The van der Waals surface area contributed by atoms with E-state index in [1.807, 2.05) is 0 Å². The molecule has 29 heavy (non-hydrogen) atoms. The molecule has 2 atom stereocenters. The Kier molecular flexibility index (Phi) is 19.4. The summed E-state index contributed by atoms with van der Waals surface area (Å²) in [5.74, 6) is -1.44. The molecular formula is C24H46O5. The Morgan fingerprint density at radius 1 is 0.690 bits per heavy atom. The van der Waals surface area contributed by atoms with Gasteiger partial charge in [-0.1, -0.05) is 97.3 Å². The summed E-state index contributed by atoms with van der Waals surface area (Å²) in [5, 5.41) is 19.0. The van der Waals surface area contributed by atoms with Crippen LogP contribution in [0.4, 0.5) is 0 Å². The van der Waals surface area contributed by atoms with Crippen LogP contribution >= 0.6 is 0 Å². The van der Waals surface area contributed by atoms with Gasteiger partial charge in [-0.2, -0.15) is 0 Å². The fourth-order valence-corrected chi connectivity index (χ4v) is 3.59. The smallest absolute Gasteiger partial charge is 0.308 e. The number of carboxylic acid groups (broad SMARTS) is 1. The summed E-state index contributed by atoms with van der Waals surface area (Å²) in [6, 6.07) is 0. The summed E-state index contributed by atoms with van der Waals surface area (Å²) in [7, 11) is 0. The Hall–Kier alpha value is -1.10. The molecule has 0 fully saturated rings. The van der Waals surface area contributed by atoms with Gasteiger partial charge in [0.1, 0.15) is 6.10 Å². The standard InChI is InChI=1S/C24H46O5/c1-3-5-7-8-9-10-11-12-13-14-16-17-21(25)19-24(28)29-22(20-23(26)27)18-15-6-4-2/h21-22,25H,3-20H2,1-2H3,(H,26,27). The second-order valence-electron chi connectivity index (χ2n) is 8.39. The predicted molar refractivity (Wildman–Crippen MR) is 118 cm³/mol. The highest BCUT2D eigenvalue weighted by Crippen LogP contribution is 2.15. The highest BCUT2D eigenvalue weighted by Gasteiger charge is 2.19. The van der Waals surface area contributed by atoms with E-state index >= 15 is 0 Å². The van der Waals surface area contributed by atoms with Crippen molar-refractivity contribution in [1.82, 2.24) is 0 Å². The van der Waals surface area contributed by atoms with Crippen molar-refractivity contribution in [1.29, 1.82) is 0 Å². The third kappa shape index (κ3) is 20.0. The van der Waals surface area contributed by atoms with Crippen LogP contribution in [0.2, 0.25) is 0 Å². The lowest BCUT2D eigenvalue weighted by Gasteiger charge is -2.17. The molecule has 0 aromatic rings. The quantitative estimate of drug-likeness (QED) is 0.168. The van der Waals surface area contributed by atoms with Crippen molar-refractivity contribution in [3.8, 4) is 0 Å². The van der Waals surface area contributed by atoms with Crippen molar-refractivity contribution in [3.05, 3.63) is 0 Å².